The third-order valence-electron chi connectivity index (χ3n) is 1.50. The molecule has 0 aliphatic heterocycles. The molecule has 0 saturated heterocycles. The molecule has 0 aliphatic carbocycles. The van der Waals surface area contributed by atoms with Gasteiger partial charge in [0.1, 0.15) is 0 Å². The van der Waals surface area contributed by atoms with Crippen molar-refractivity contribution in [3.8, 4) is 0 Å². The fraction of sp³-hybridized carbons (Fsp3) is 0.100. The number of halogens is 1. The van der Waals surface area contributed by atoms with Crippen LogP contribution in [0.1, 0.15) is 12.0 Å². The highest BCUT2D eigenvalue weighted by Crippen LogP contribution is 2.10. The van der Waals surface area contributed by atoms with E-state index >= 15 is 0 Å². The molecule has 2 nitrogen and oxygen atoms in total. The van der Waals surface area contributed by atoms with Gasteiger partial charge in [-0.3, -0.25) is 4.79 Å². The van der Waals surface area contributed by atoms with Crippen LogP contribution in [-0.4, -0.2) is 5.91 Å². The summed E-state index contributed by atoms with van der Waals surface area (Å²) < 4.78 is 0. The van der Waals surface area contributed by atoms with Crippen molar-refractivity contribution in [1.29, 1.82) is 0 Å². The minimum Gasteiger partial charge on any atom is -0.369 e. The van der Waals surface area contributed by atoms with Gasteiger partial charge in [-0.05, 0) is 17.7 Å². The number of benzene rings is 1. The van der Waals surface area contributed by atoms with Crippen molar-refractivity contribution < 1.29 is 4.79 Å². The summed E-state index contributed by atoms with van der Waals surface area (Å²) in [6, 6.07) is 7.34. The van der Waals surface area contributed by atoms with Gasteiger partial charge in [-0.25, -0.2) is 0 Å². The van der Waals surface area contributed by atoms with Crippen LogP contribution < -0.4 is 5.73 Å². The molecular weight excluding hydrogens is 186 g/mol. The molecule has 0 saturated carbocycles. The number of hydrogen-bond acceptors (Lipinski definition) is 1. The first kappa shape index (κ1) is 9.81. The second-order valence-electron chi connectivity index (χ2n) is 2.62. The summed E-state index contributed by atoms with van der Waals surface area (Å²) in [6.07, 6.45) is 3.83. The van der Waals surface area contributed by atoms with Crippen molar-refractivity contribution in [3.05, 3.63) is 40.9 Å². The Balaban J connectivity index is 2.59. The van der Waals surface area contributed by atoms with E-state index in [9.17, 15) is 4.79 Å². The highest BCUT2D eigenvalue weighted by Gasteiger charge is 1.89. The number of hydrogen-bond donors (Lipinski definition) is 1. The normalized spacial score (nSPS) is 10.5. The maximum atomic E-state index is 10.4. The topological polar surface area (TPSA) is 43.1 Å². The molecule has 0 aliphatic rings. The Morgan fingerprint density at radius 2 is 2.00 bits per heavy atom. The monoisotopic (exact) mass is 195 g/mol. The lowest BCUT2D eigenvalue weighted by Crippen LogP contribution is -2.07. The average molecular weight is 196 g/mol. The molecule has 0 heterocycles. The van der Waals surface area contributed by atoms with E-state index in [1.165, 1.54) is 0 Å². The van der Waals surface area contributed by atoms with E-state index in [2.05, 4.69) is 0 Å². The number of amides is 1. The van der Waals surface area contributed by atoms with Crippen molar-refractivity contribution in [2.45, 2.75) is 6.42 Å². The van der Waals surface area contributed by atoms with E-state index in [4.69, 9.17) is 17.3 Å². The molecule has 0 radical (unpaired) electrons. The Morgan fingerprint density at radius 1 is 1.38 bits per heavy atom. The highest BCUT2D eigenvalue weighted by molar-refractivity contribution is 6.30. The molecule has 0 aromatic heterocycles. The van der Waals surface area contributed by atoms with Gasteiger partial charge < -0.3 is 5.73 Å². The number of rotatable bonds is 3. The van der Waals surface area contributed by atoms with Crippen LogP contribution in [0.15, 0.2) is 30.3 Å². The van der Waals surface area contributed by atoms with E-state index in [0.29, 0.717) is 5.02 Å². The lowest BCUT2D eigenvalue weighted by molar-refractivity contribution is -0.117. The van der Waals surface area contributed by atoms with Gasteiger partial charge in [0.15, 0.2) is 0 Å². The fourth-order valence-corrected chi connectivity index (χ4v) is 1.01. The first-order valence-corrected chi connectivity index (χ1v) is 4.26. The number of carbonyl (C=O) groups excluding carboxylic acids is 1. The molecule has 1 aromatic carbocycles. The Hall–Kier alpha value is -1.28. The van der Waals surface area contributed by atoms with E-state index in [0.717, 1.165) is 5.56 Å². The summed E-state index contributed by atoms with van der Waals surface area (Å²) in [5, 5.41) is 0.701. The number of carbonyl (C=O) groups is 1. The zero-order valence-electron chi connectivity index (χ0n) is 7.03. The standard InChI is InChI=1S/C10H10ClNO/c11-9-6-4-8(5-7-9)2-1-3-10(12)13/h1-2,4-7H,3H2,(H2,12,13). The average Bonchev–Trinajstić information content (AvgIpc) is 2.08. The van der Waals surface area contributed by atoms with Crippen LogP contribution in [0, 0.1) is 0 Å². The van der Waals surface area contributed by atoms with Gasteiger partial charge in [0.2, 0.25) is 5.91 Å². The first-order chi connectivity index (χ1) is 6.18. The van der Waals surface area contributed by atoms with Crippen molar-refractivity contribution in [3.63, 3.8) is 0 Å². The fourth-order valence-electron chi connectivity index (χ4n) is 0.885. The third kappa shape index (κ3) is 3.76. The minimum absolute atomic E-state index is 0.266. The summed E-state index contributed by atoms with van der Waals surface area (Å²) in [7, 11) is 0. The quantitative estimate of drug-likeness (QED) is 0.790. The Labute approximate surface area is 82.0 Å². The molecule has 0 atom stereocenters. The Morgan fingerprint density at radius 3 is 2.54 bits per heavy atom. The Bertz CT molecular complexity index is 316. The van der Waals surface area contributed by atoms with E-state index in [1.807, 2.05) is 18.2 Å². The van der Waals surface area contributed by atoms with Gasteiger partial charge in [0.05, 0.1) is 0 Å². The lowest BCUT2D eigenvalue weighted by atomic mass is 10.2. The van der Waals surface area contributed by atoms with E-state index in [-0.39, 0.29) is 12.3 Å². The van der Waals surface area contributed by atoms with Crippen molar-refractivity contribution in [2.24, 2.45) is 5.73 Å². The first-order valence-electron chi connectivity index (χ1n) is 3.89. The maximum Gasteiger partial charge on any atom is 0.221 e. The van der Waals surface area contributed by atoms with Gasteiger partial charge in [0, 0.05) is 11.4 Å². The SMILES string of the molecule is NC(=O)CC=Cc1ccc(Cl)cc1. The predicted octanol–water partition coefficient (Wildman–Crippen LogP) is 2.23. The second-order valence-corrected chi connectivity index (χ2v) is 3.06. The molecule has 1 amide bonds. The summed E-state index contributed by atoms with van der Waals surface area (Å²) in [5.74, 6) is -0.329. The molecule has 3 heteroatoms. The maximum absolute atomic E-state index is 10.4. The third-order valence-corrected chi connectivity index (χ3v) is 1.75. The molecule has 2 N–H and O–H groups in total. The van der Waals surface area contributed by atoms with Gasteiger partial charge in [0.25, 0.3) is 0 Å². The van der Waals surface area contributed by atoms with Gasteiger partial charge in [-0.15, -0.1) is 0 Å². The van der Waals surface area contributed by atoms with Gasteiger partial charge >= 0.3 is 0 Å². The van der Waals surface area contributed by atoms with Crippen molar-refractivity contribution in [2.75, 3.05) is 0 Å². The number of primary amides is 1. The number of nitrogens with two attached hydrogens (primary N) is 1. The van der Waals surface area contributed by atoms with Gasteiger partial charge in [-0.1, -0.05) is 35.9 Å². The largest absolute Gasteiger partial charge is 0.369 e. The molecule has 1 rings (SSSR count). The van der Waals surface area contributed by atoms with Crippen LogP contribution >= 0.6 is 11.6 Å². The van der Waals surface area contributed by atoms with E-state index < -0.39 is 0 Å². The summed E-state index contributed by atoms with van der Waals surface area (Å²) in [6.45, 7) is 0. The van der Waals surface area contributed by atoms with Crippen molar-refractivity contribution >= 4 is 23.6 Å². The lowest BCUT2D eigenvalue weighted by Gasteiger charge is -1.92. The van der Waals surface area contributed by atoms with Crippen LogP contribution in [0.3, 0.4) is 0 Å². The second kappa shape index (κ2) is 4.67. The molecule has 1 aromatic rings. The zero-order valence-corrected chi connectivity index (χ0v) is 7.79. The molecule has 0 unspecified atom stereocenters. The summed E-state index contributed by atoms with van der Waals surface area (Å²) >= 11 is 5.70. The van der Waals surface area contributed by atoms with Crippen LogP contribution in [0.5, 0.6) is 0 Å². The van der Waals surface area contributed by atoms with Crippen LogP contribution in [0.2, 0.25) is 5.02 Å². The van der Waals surface area contributed by atoms with E-state index in [1.54, 1.807) is 18.2 Å². The molecule has 68 valence electrons. The molecule has 0 spiro atoms. The summed E-state index contributed by atoms with van der Waals surface area (Å²) in [4.78, 5) is 10.4. The van der Waals surface area contributed by atoms with Crippen LogP contribution in [-0.2, 0) is 4.79 Å². The predicted molar refractivity (Wildman–Crippen MR) is 54.3 cm³/mol. The molecular formula is C10H10ClNO. The zero-order chi connectivity index (χ0) is 9.68. The molecule has 13 heavy (non-hydrogen) atoms. The highest BCUT2D eigenvalue weighted by atomic mass is 35.5. The summed E-state index contributed by atoms with van der Waals surface area (Å²) in [5.41, 5.74) is 5.97. The minimum atomic E-state index is -0.329. The van der Waals surface area contributed by atoms with Crippen molar-refractivity contribution in [1.82, 2.24) is 0 Å². The smallest absolute Gasteiger partial charge is 0.221 e. The molecule has 0 fully saturated rings. The van der Waals surface area contributed by atoms with Crippen LogP contribution in [0.25, 0.3) is 6.08 Å². The Kier molecular flexibility index (Phi) is 3.53. The van der Waals surface area contributed by atoms with Gasteiger partial charge in [-0.2, -0.15) is 0 Å². The van der Waals surface area contributed by atoms with Crippen LogP contribution in [0.4, 0.5) is 0 Å². The molecule has 0 bridgehead atoms.